The summed E-state index contributed by atoms with van der Waals surface area (Å²) in [6.07, 6.45) is 3.02. The monoisotopic (exact) mass is 277 g/mol. The van der Waals surface area contributed by atoms with Gasteiger partial charge in [-0.15, -0.1) is 0 Å². The van der Waals surface area contributed by atoms with Crippen molar-refractivity contribution < 1.29 is 13.2 Å². The first-order valence-electron chi connectivity index (χ1n) is 6.28. The van der Waals surface area contributed by atoms with Crippen LogP contribution in [0.25, 0.3) is 0 Å². The van der Waals surface area contributed by atoms with Crippen LogP contribution < -0.4 is 10.0 Å². The molecule has 18 heavy (non-hydrogen) atoms. The Bertz CT molecular complexity index is 381. The van der Waals surface area contributed by atoms with E-state index in [0.29, 0.717) is 13.1 Å². The van der Waals surface area contributed by atoms with Crippen LogP contribution >= 0.6 is 0 Å². The zero-order valence-corrected chi connectivity index (χ0v) is 12.1. The lowest BCUT2D eigenvalue weighted by atomic mass is 9.99. The van der Waals surface area contributed by atoms with Gasteiger partial charge in [-0.3, -0.25) is 0 Å². The largest absolute Gasteiger partial charge is 0.336 e. The lowest BCUT2D eigenvalue weighted by Gasteiger charge is -2.33. The Hall–Kier alpha value is -0.820. The van der Waals surface area contributed by atoms with Gasteiger partial charge < -0.3 is 10.2 Å². The van der Waals surface area contributed by atoms with Crippen LogP contribution in [0.3, 0.4) is 0 Å². The molecule has 0 aromatic heterocycles. The molecule has 1 atom stereocenters. The second kappa shape index (κ2) is 6.38. The SMILES string of the molecule is CC(C)NC(=O)N1CCCC(CNS(C)(=O)=O)C1. The molecule has 1 unspecified atom stereocenters. The number of likely N-dealkylation sites (tertiary alicyclic amines) is 1. The average Bonchev–Trinajstić information content (AvgIpc) is 2.25. The summed E-state index contributed by atoms with van der Waals surface area (Å²) in [5.74, 6) is 0.200. The number of carbonyl (C=O) groups excluding carboxylic acids is 1. The molecule has 1 rings (SSSR count). The fourth-order valence-corrected chi connectivity index (χ4v) is 2.56. The Kier molecular flexibility index (Phi) is 5.40. The van der Waals surface area contributed by atoms with E-state index in [1.165, 1.54) is 0 Å². The number of amides is 2. The van der Waals surface area contributed by atoms with Crippen LogP contribution in [0.5, 0.6) is 0 Å². The standard InChI is InChI=1S/C11H23N3O3S/c1-9(2)13-11(15)14-6-4-5-10(8-14)7-12-18(3,16)17/h9-10,12H,4-8H2,1-3H3,(H,13,15). The number of hydrogen-bond donors (Lipinski definition) is 2. The molecule has 1 heterocycles. The van der Waals surface area contributed by atoms with E-state index in [2.05, 4.69) is 10.0 Å². The molecule has 0 aromatic carbocycles. The Morgan fingerprint density at radius 2 is 2.11 bits per heavy atom. The van der Waals surface area contributed by atoms with Gasteiger partial charge in [-0.05, 0) is 32.6 Å². The molecule has 1 aliphatic heterocycles. The highest BCUT2D eigenvalue weighted by atomic mass is 32.2. The third-order valence-electron chi connectivity index (χ3n) is 2.85. The topological polar surface area (TPSA) is 78.5 Å². The first-order chi connectivity index (χ1) is 8.28. The summed E-state index contributed by atoms with van der Waals surface area (Å²) < 4.78 is 24.6. The van der Waals surface area contributed by atoms with Crippen molar-refractivity contribution >= 4 is 16.1 Å². The number of carbonyl (C=O) groups is 1. The highest BCUT2D eigenvalue weighted by molar-refractivity contribution is 7.88. The van der Waals surface area contributed by atoms with Crippen molar-refractivity contribution in [2.24, 2.45) is 5.92 Å². The molecule has 6 nitrogen and oxygen atoms in total. The van der Waals surface area contributed by atoms with E-state index < -0.39 is 10.0 Å². The molecule has 1 fully saturated rings. The van der Waals surface area contributed by atoms with Gasteiger partial charge in [0.2, 0.25) is 10.0 Å². The van der Waals surface area contributed by atoms with Gasteiger partial charge in [-0.1, -0.05) is 0 Å². The highest BCUT2D eigenvalue weighted by Gasteiger charge is 2.24. The number of hydrogen-bond acceptors (Lipinski definition) is 3. The smallest absolute Gasteiger partial charge is 0.317 e. The summed E-state index contributed by atoms with van der Waals surface area (Å²) >= 11 is 0. The van der Waals surface area contributed by atoms with Crippen molar-refractivity contribution in [2.45, 2.75) is 32.7 Å². The van der Waals surface area contributed by atoms with Gasteiger partial charge >= 0.3 is 6.03 Å². The minimum Gasteiger partial charge on any atom is -0.336 e. The molecular weight excluding hydrogens is 254 g/mol. The first-order valence-corrected chi connectivity index (χ1v) is 8.17. The molecule has 106 valence electrons. The van der Waals surface area contributed by atoms with E-state index >= 15 is 0 Å². The molecule has 2 N–H and O–H groups in total. The Labute approximate surface area is 109 Å². The number of urea groups is 1. The maximum absolute atomic E-state index is 11.8. The van der Waals surface area contributed by atoms with Crippen LogP contribution in [-0.2, 0) is 10.0 Å². The second-order valence-corrected chi connectivity index (χ2v) is 7.01. The number of piperidine rings is 1. The van der Waals surface area contributed by atoms with Gasteiger partial charge in [-0.2, -0.15) is 0 Å². The number of sulfonamides is 1. The van der Waals surface area contributed by atoms with Crippen LogP contribution in [0.15, 0.2) is 0 Å². The van der Waals surface area contributed by atoms with E-state index in [1.807, 2.05) is 13.8 Å². The minimum atomic E-state index is -3.15. The van der Waals surface area contributed by atoms with E-state index in [9.17, 15) is 13.2 Å². The van der Waals surface area contributed by atoms with E-state index in [1.54, 1.807) is 4.90 Å². The molecule has 1 saturated heterocycles. The normalized spacial score (nSPS) is 21.1. The molecule has 0 aromatic rings. The van der Waals surface area contributed by atoms with Crippen molar-refractivity contribution in [3.8, 4) is 0 Å². The Balaban J connectivity index is 2.43. The summed E-state index contributed by atoms with van der Waals surface area (Å²) in [6.45, 7) is 5.61. The molecule has 0 radical (unpaired) electrons. The number of nitrogens with zero attached hydrogens (tertiary/aromatic N) is 1. The van der Waals surface area contributed by atoms with Gasteiger partial charge in [0.15, 0.2) is 0 Å². The summed E-state index contributed by atoms with van der Waals surface area (Å²) in [5.41, 5.74) is 0. The summed E-state index contributed by atoms with van der Waals surface area (Å²) in [6, 6.07) is 0.0566. The van der Waals surface area contributed by atoms with Crippen LogP contribution in [0.4, 0.5) is 4.79 Å². The van der Waals surface area contributed by atoms with Gasteiger partial charge in [-0.25, -0.2) is 17.9 Å². The number of rotatable bonds is 4. The molecule has 0 bridgehead atoms. The Morgan fingerprint density at radius 3 is 2.67 bits per heavy atom. The maximum Gasteiger partial charge on any atom is 0.317 e. The van der Waals surface area contributed by atoms with E-state index in [0.717, 1.165) is 25.6 Å². The van der Waals surface area contributed by atoms with Crippen LogP contribution in [-0.4, -0.2) is 51.3 Å². The van der Waals surface area contributed by atoms with E-state index in [4.69, 9.17) is 0 Å². The third kappa shape index (κ3) is 5.68. The van der Waals surface area contributed by atoms with Crippen LogP contribution in [0.1, 0.15) is 26.7 Å². The fourth-order valence-electron chi connectivity index (χ4n) is 2.02. The summed E-state index contributed by atoms with van der Waals surface area (Å²) in [4.78, 5) is 13.6. The van der Waals surface area contributed by atoms with Crippen molar-refractivity contribution in [1.29, 1.82) is 0 Å². The van der Waals surface area contributed by atoms with Gasteiger partial charge in [0.25, 0.3) is 0 Å². The quantitative estimate of drug-likeness (QED) is 0.779. The molecule has 1 aliphatic rings. The molecule has 0 saturated carbocycles. The molecule has 7 heteroatoms. The lowest BCUT2D eigenvalue weighted by Crippen LogP contribution is -2.49. The lowest BCUT2D eigenvalue weighted by molar-refractivity contribution is 0.164. The molecular formula is C11H23N3O3S. The van der Waals surface area contributed by atoms with Crippen molar-refractivity contribution in [1.82, 2.24) is 14.9 Å². The maximum atomic E-state index is 11.8. The third-order valence-corrected chi connectivity index (χ3v) is 3.54. The van der Waals surface area contributed by atoms with Crippen molar-refractivity contribution in [3.63, 3.8) is 0 Å². The minimum absolute atomic E-state index is 0.0611. The molecule has 0 spiro atoms. The summed E-state index contributed by atoms with van der Waals surface area (Å²) in [7, 11) is -3.15. The summed E-state index contributed by atoms with van der Waals surface area (Å²) in [5, 5.41) is 2.85. The van der Waals surface area contributed by atoms with Gasteiger partial charge in [0, 0.05) is 25.7 Å². The zero-order valence-electron chi connectivity index (χ0n) is 11.3. The first kappa shape index (κ1) is 15.2. The highest BCUT2D eigenvalue weighted by Crippen LogP contribution is 2.16. The van der Waals surface area contributed by atoms with Crippen LogP contribution in [0.2, 0.25) is 0 Å². The molecule has 0 aliphatic carbocycles. The predicted molar refractivity (Wildman–Crippen MR) is 70.8 cm³/mol. The Morgan fingerprint density at radius 1 is 1.44 bits per heavy atom. The van der Waals surface area contributed by atoms with E-state index in [-0.39, 0.29) is 18.0 Å². The second-order valence-electron chi connectivity index (χ2n) is 5.18. The van der Waals surface area contributed by atoms with Crippen LogP contribution in [0, 0.1) is 5.92 Å². The molecule has 2 amide bonds. The fraction of sp³-hybridized carbons (Fsp3) is 0.909. The zero-order chi connectivity index (χ0) is 13.8. The predicted octanol–water partition coefficient (Wildman–Crippen LogP) is 0.366. The number of nitrogens with one attached hydrogen (secondary N) is 2. The van der Waals surface area contributed by atoms with Gasteiger partial charge in [0.1, 0.15) is 0 Å². The van der Waals surface area contributed by atoms with Crippen molar-refractivity contribution in [2.75, 3.05) is 25.9 Å². The van der Waals surface area contributed by atoms with Crippen molar-refractivity contribution in [3.05, 3.63) is 0 Å². The average molecular weight is 277 g/mol. The van der Waals surface area contributed by atoms with Gasteiger partial charge in [0.05, 0.1) is 6.26 Å².